The number of aryl methyl sites for hydroxylation is 1. The zero-order valence-corrected chi connectivity index (χ0v) is 15.8. The van der Waals surface area contributed by atoms with Crippen molar-refractivity contribution in [2.45, 2.75) is 39.3 Å². The molecule has 0 spiro atoms. The summed E-state index contributed by atoms with van der Waals surface area (Å²) >= 11 is 0. The van der Waals surface area contributed by atoms with Gasteiger partial charge in [0.15, 0.2) is 0 Å². The van der Waals surface area contributed by atoms with E-state index in [1.807, 2.05) is 20.0 Å². The Morgan fingerprint density at radius 1 is 1.21 bits per heavy atom. The number of carboxylic acid groups (broad SMARTS) is 1. The minimum absolute atomic E-state index is 0.0712. The number of nitrogens with zero attached hydrogens (tertiary/aromatic N) is 2. The Morgan fingerprint density at radius 3 is 2.57 bits per heavy atom. The number of phenols is 1. The molecular weight excluding hydrogens is 362 g/mol. The van der Waals surface area contributed by atoms with Gasteiger partial charge in [0.25, 0.3) is 0 Å². The van der Waals surface area contributed by atoms with Gasteiger partial charge in [-0.3, -0.25) is 9.63 Å². The minimum Gasteiger partial charge on any atom is -0.508 e. The molecule has 8 nitrogen and oxygen atoms in total. The standard InChI is InChI=1S/C20H23N3O5/c1-3-22-11-16(20(26)27)17(12-22)21-19(25)9-8-18-13(2)10-23(28-18)14-4-6-15(24)7-5-14/h4-7,10-12,18,24H,3,8-9H2,1-2H3,(H,21,25)(H,26,27). The third-order valence-electron chi connectivity index (χ3n) is 4.56. The molecule has 0 aliphatic carbocycles. The fraction of sp³-hybridized carbons (Fsp3) is 0.300. The molecule has 0 bridgehead atoms. The summed E-state index contributed by atoms with van der Waals surface area (Å²) in [7, 11) is 0. The highest BCUT2D eigenvalue weighted by Crippen LogP contribution is 2.29. The van der Waals surface area contributed by atoms with E-state index >= 15 is 0 Å². The predicted octanol–water partition coefficient (Wildman–Crippen LogP) is 3.35. The lowest BCUT2D eigenvalue weighted by Crippen LogP contribution is -2.21. The van der Waals surface area contributed by atoms with Crippen molar-refractivity contribution in [3.05, 3.63) is 54.0 Å². The lowest BCUT2D eigenvalue weighted by atomic mass is 10.1. The van der Waals surface area contributed by atoms with Gasteiger partial charge in [0.1, 0.15) is 17.4 Å². The molecule has 1 aromatic heterocycles. The second kappa shape index (κ2) is 8.18. The number of rotatable bonds is 7. The van der Waals surface area contributed by atoms with E-state index in [1.165, 1.54) is 6.20 Å². The fourth-order valence-corrected chi connectivity index (χ4v) is 2.97. The van der Waals surface area contributed by atoms with Gasteiger partial charge in [-0.2, -0.15) is 0 Å². The van der Waals surface area contributed by atoms with Crippen LogP contribution in [0.4, 0.5) is 11.4 Å². The van der Waals surface area contributed by atoms with E-state index in [0.29, 0.717) is 18.7 Å². The van der Waals surface area contributed by atoms with E-state index in [2.05, 4.69) is 5.32 Å². The molecule has 0 saturated heterocycles. The molecule has 2 heterocycles. The number of carbonyl (C=O) groups excluding carboxylic acids is 1. The van der Waals surface area contributed by atoms with Gasteiger partial charge >= 0.3 is 5.97 Å². The highest BCUT2D eigenvalue weighted by atomic mass is 16.7. The second-order valence-electron chi connectivity index (χ2n) is 6.62. The molecule has 3 rings (SSSR count). The van der Waals surface area contributed by atoms with Crippen molar-refractivity contribution < 1.29 is 24.6 Å². The maximum atomic E-state index is 12.3. The number of benzene rings is 1. The number of nitrogens with one attached hydrogen (secondary N) is 1. The molecule has 0 saturated carbocycles. The number of carboxylic acids is 1. The Hall–Kier alpha value is -3.26. The smallest absolute Gasteiger partial charge is 0.339 e. The molecule has 1 aliphatic heterocycles. The molecule has 1 amide bonds. The van der Waals surface area contributed by atoms with Crippen molar-refractivity contribution >= 4 is 23.3 Å². The number of hydrogen-bond donors (Lipinski definition) is 3. The molecule has 3 N–H and O–H groups in total. The van der Waals surface area contributed by atoms with Crippen molar-refractivity contribution in [3.63, 3.8) is 0 Å². The van der Waals surface area contributed by atoms with Crippen LogP contribution >= 0.6 is 0 Å². The predicted molar refractivity (Wildman–Crippen MR) is 104 cm³/mol. The second-order valence-corrected chi connectivity index (χ2v) is 6.62. The maximum absolute atomic E-state index is 12.3. The molecule has 8 heteroatoms. The Balaban J connectivity index is 1.57. The zero-order valence-electron chi connectivity index (χ0n) is 15.8. The average molecular weight is 385 g/mol. The first-order chi connectivity index (χ1) is 13.4. The summed E-state index contributed by atoms with van der Waals surface area (Å²) in [4.78, 5) is 29.5. The van der Waals surface area contributed by atoms with Crippen LogP contribution in [-0.4, -0.2) is 32.8 Å². The Kier molecular flexibility index (Phi) is 5.70. The number of hydrogen-bond acceptors (Lipinski definition) is 5. The maximum Gasteiger partial charge on any atom is 0.339 e. The van der Waals surface area contributed by atoms with Crippen molar-refractivity contribution in [1.29, 1.82) is 0 Å². The third kappa shape index (κ3) is 4.34. The number of aromatic nitrogens is 1. The van der Waals surface area contributed by atoms with Crippen LogP contribution in [0.2, 0.25) is 0 Å². The van der Waals surface area contributed by atoms with Crippen LogP contribution in [0.25, 0.3) is 0 Å². The summed E-state index contributed by atoms with van der Waals surface area (Å²) < 4.78 is 1.71. The summed E-state index contributed by atoms with van der Waals surface area (Å²) in [5.74, 6) is -1.17. The van der Waals surface area contributed by atoms with Crippen molar-refractivity contribution in [3.8, 4) is 5.75 Å². The van der Waals surface area contributed by atoms with Crippen LogP contribution in [0.5, 0.6) is 5.75 Å². The largest absolute Gasteiger partial charge is 0.508 e. The van der Waals surface area contributed by atoms with E-state index in [4.69, 9.17) is 4.84 Å². The van der Waals surface area contributed by atoms with Crippen molar-refractivity contribution in [2.75, 3.05) is 10.4 Å². The quantitative estimate of drug-likeness (QED) is 0.675. The molecule has 1 unspecified atom stereocenters. The van der Waals surface area contributed by atoms with Gasteiger partial charge in [0, 0.05) is 31.6 Å². The topological polar surface area (TPSA) is 104 Å². The number of aromatic carboxylic acids is 1. The molecule has 1 atom stereocenters. The van der Waals surface area contributed by atoms with Gasteiger partial charge in [-0.1, -0.05) is 0 Å². The van der Waals surface area contributed by atoms with Crippen LogP contribution < -0.4 is 10.4 Å². The lowest BCUT2D eigenvalue weighted by Gasteiger charge is -2.18. The molecule has 1 aliphatic rings. The van der Waals surface area contributed by atoms with Crippen LogP contribution in [0.15, 0.2) is 48.4 Å². The van der Waals surface area contributed by atoms with E-state index in [-0.39, 0.29) is 29.7 Å². The van der Waals surface area contributed by atoms with Crippen LogP contribution in [-0.2, 0) is 16.2 Å². The Labute approximate surface area is 162 Å². The first-order valence-electron chi connectivity index (χ1n) is 9.03. The van der Waals surface area contributed by atoms with Crippen LogP contribution in [0.1, 0.15) is 37.0 Å². The van der Waals surface area contributed by atoms with E-state index in [0.717, 1.165) is 11.3 Å². The number of phenolic OH excluding ortho intramolecular Hbond substituents is 1. The number of carbonyl (C=O) groups is 2. The highest BCUT2D eigenvalue weighted by Gasteiger charge is 2.25. The third-order valence-corrected chi connectivity index (χ3v) is 4.56. The molecule has 0 radical (unpaired) electrons. The molecule has 28 heavy (non-hydrogen) atoms. The average Bonchev–Trinajstić information content (AvgIpc) is 3.24. The summed E-state index contributed by atoms with van der Waals surface area (Å²) in [6, 6.07) is 6.62. The van der Waals surface area contributed by atoms with Gasteiger partial charge in [-0.15, -0.1) is 0 Å². The van der Waals surface area contributed by atoms with Gasteiger partial charge in [0.05, 0.1) is 11.4 Å². The SMILES string of the molecule is CCn1cc(NC(=O)CCC2ON(c3ccc(O)cc3)C=C2C)c(C(=O)O)c1. The van der Waals surface area contributed by atoms with Crippen molar-refractivity contribution in [2.24, 2.45) is 0 Å². The molecule has 0 fully saturated rings. The zero-order chi connectivity index (χ0) is 20.3. The molecule has 2 aromatic rings. The molecular formula is C20H23N3O5. The number of amides is 1. The van der Waals surface area contributed by atoms with Crippen LogP contribution in [0, 0.1) is 0 Å². The lowest BCUT2D eigenvalue weighted by molar-refractivity contribution is -0.116. The number of aromatic hydroxyl groups is 1. The van der Waals surface area contributed by atoms with Gasteiger partial charge in [-0.25, -0.2) is 9.86 Å². The summed E-state index contributed by atoms with van der Waals surface area (Å²) in [5, 5.41) is 22.9. The fourth-order valence-electron chi connectivity index (χ4n) is 2.97. The van der Waals surface area contributed by atoms with Gasteiger partial charge in [0.2, 0.25) is 5.91 Å². The summed E-state index contributed by atoms with van der Waals surface area (Å²) in [6.07, 6.45) is 5.36. The first-order valence-corrected chi connectivity index (χ1v) is 9.03. The van der Waals surface area contributed by atoms with E-state index in [1.54, 1.807) is 40.1 Å². The monoisotopic (exact) mass is 385 g/mol. The van der Waals surface area contributed by atoms with Crippen LogP contribution in [0.3, 0.4) is 0 Å². The highest BCUT2D eigenvalue weighted by molar-refractivity contribution is 6.00. The van der Waals surface area contributed by atoms with Gasteiger partial charge < -0.3 is 20.1 Å². The number of hydroxylamine groups is 1. The normalized spacial score (nSPS) is 16.1. The van der Waals surface area contributed by atoms with Gasteiger partial charge in [-0.05, 0) is 50.1 Å². The molecule has 1 aromatic carbocycles. The first kappa shape index (κ1) is 19.5. The van der Waals surface area contributed by atoms with E-state index in [9.17, 15) is 19.8 Å². The Morgan fingerprint density at radius 2 is 1.93 bits per heavy atom. The Bertz CT molecular complexity index is 901. The minimum atomic E-state index is -1.08. The summed E-state index contributed by atoms with van der Waals surface area (Å²) in [6.45, 7) is 4.43. The number of anilines is 2. The summed E-state index contributed by atoms with van der Waals surface area (Å²) in [5.41, 5.74) is 2.12. The van der Waals surface area contributed by atoms with Crippen molar-refractivity contribution in [1.82, 2.24) is 4.57 Å². The van der Waals surface area contributed by atoms with E-state index < -0.39 is 5.97 Å². The molecule has 148 valence electrons.